The summed E-state index contributed by atoms with van der Waals surface area (Å²) in [5, 5.41) is 16.0. The zero-order valence-corrected chi connectivity index (χ0v) is 17.9. The standard InChI is InChI=1S/C17H31N9O7/c18-7-13(29)24-10(6-12(20)28)15(31)25-8(2-1-5-23-17(21)22)14(30)26-9(16(32)33)3-4-11(19)27/h8-10H,1-7,18H2,(H2,19,27)(H2,20,28)(H,24,29)(H,25,31)(H,26,30)(H,32,33)(H4,21,22,23). The van der Waals surface area contributed by atoms with Crippen LogP contribution in [-0.4, -0.2) is 77.8 Å². The van der Waals surface area contributed by atoms with E-state index >= 15 is 0 Å². The quantitative estimate of drug-likeness (QED) is 0.0582. The maximum absolute atomic E-state index is 12.7. The van der Waals surface area contributed by atoms with Crippen molar-refractivity contribution in [2.45, 2.75) is 50.2 Å². The Morgan fingerprint density at radius 2 is 1.36 bits per heavy atom. The molecule has 3 unspecified atom stereocenters. The summed E-state index contributed by atoms with van der Waals surface area (Å²) in [7, 11) is 0. The van der Waals surface area contributed by atoms with E-state index in [4.69, 9.17) is 28.7 Å². The third-order valence-corrected chi connectivity index (χ3v) is 4.11. The molecular weight excluding hydrogens is 442 g/mol. The highest BCUT2D eigenvalue weighted by Gasteiger charge is 2.30. The molecule has 0 aliphatic heterocycles. The molecule has 0 rings (SSSR count). The van der Waals surface area contributed by atoms with E-state index in [0.29, 0.717) is 0 Å². The van der Waals surface area contributed by atoms with Crippen molar-refractivity contribution in [3.8, 4) is 0 Å². The Morgan fingerprint density at radius 1 is 0.788 bits per heavy atom. The minimum atomic E-state index is -1.46. The van der Waals surface area contributed by atoms with Gasteiger partial charge in [-0.15, -0.1) is 0 Å². The van der Waals surface area contributed by atoms with Gasteiger partial charge in [-0.1, -0.05) is 0 Å². The van der Waals surface area contributed by atoms with Crippen LogP contribution in [0.25, 0.3) is 0 Å². The second kappa shape index (κ2) is 15.0. The molecule has 0 aliphatic carbocycles. The van der Waals surface area contributed by atoms with Crippen LogP contribution in [0.4, 0.5) is 0 Å². The van der Waals surface area contributed by atoms with Crippen LogP contribution in [0, 0.1) is 0 Å². The van der Waals surface area contributed by atoms with Gasteiger partial charge >= 0.3 is 5.97 Å². The van der Waals surface area contributed by atoms with Gasteiger partial charge in [-0.3, -0.25) is 29.0 Å². The van der Waals surface area contributed by atoms with E-state index in [2.05, 4.69) is 20.9 Å². The lowest BCUT2D eigenvalue weighted by molar-refractivity contribution is -0.142. The minimum Gasteiger partial charge on any atom is -0.480 e. The Balaban J connectivity index is 5.51. The summed E-state index contributed by atoms with van der Waals surface area (Å²) in [6.07, 6.45) is -0.988. The molecule has 0 spiro atoms. The highest BCUT2D eigenvalue weighted by atomic mass is 16.4. The summed E-state index contributed by atoms with van der Waals surface area (Å²) in [4.78, 5) is 74.2. The maximum atomic E-state index is 12.7. The van der Waals surface area contributed by atoms with Crippen molar-refractivity contribution in [3.63, 3.8) is 0 Å². The number of rotatable bonds is 16. The molecule has 0 aromatic carbocycles. The van der Waals surface area contributed by atoms with E-state index in [0.717, 1.165) is 0 Å². The van der Waals surface area contributed by atoms with Gasteiger partial charge in [0.25, 0.3) is 0 Å². The van der Waals surface area contributed by atoms with E-state index in [1.807, 2.05) is 0 Å². The zero-order chi connectivity index (χ0) is 25.6. The van der Waals surface area contributed by atoms with Crippen molar-refractivity contribution >= 4 is 41.5 Å². The van der Waals surface area contributed by atoms with Crippen LogP contribution < -0.4 is 44.6 Å². The fourth-order valence-electron chi connectivity index (χ4n) is 2.52. The summed E-state index contributed by atoms with van der Waals surface area (Å²) in [5.74, 6) is -5.85. The molecule has 0 aromatic rings. The lowest BCUT2D eigenvalue weighted by Gasteiger charge is -2.24. The molecule has 0 fully saturated rings. The number of carboxylic acid groups (broad SMARTS) is 1. The first-order valence-electron chi connectivity index (χ1n) is 9.82. The molecule has 0 saturated carbocycles. The molecule has 0 radical (unpaired) electrons. The van der Waals surface area contributed by atoms with Gasteiger partial charge in [0, 0.05) is 13.0 Å². The summed E-state index contributed by atoms with van der Waals surface area (Å²) in [6, 6.07) is -4.18. The van der Waals surface area contributed by atoms with Gasteiger partial charge < -0.3 is 49.7 Å². The summed E-state index contributed by atoms with van der Waals surface area (Å²) < 4.78 is 0. The number of amides is 5. The number of nitrogens with zero attached hydrogens (tertiary/aromatic N) is 1. The Kier molecular flexibility index (Phi) is 13.2. The first-order valence-corrected chi connectivity index (χ1v) is 9.82. The average molecular weight is 473 g/mol. The highest BCUT2D eigenvalue weighted by molar-refractivity contribution is 5.95. The van der Waals surface area contributed by atoms with Crippen LogP contribution in [-0.2, 0) is 28.8 Å². The Hall–Kier alpha value is -3.95. The second-order valence-corrected chi connectivity index (χ2v) is 6.91. The van der Waals surface area contributed by atoms with Gasteiger partial charge in [-0.05, 0) is 19.3 Å². The molecule has 0 saturated heterocycles. The number of hydrogen-bond donors (Lipinski definition) is 9. The number of hydrogen-bond acceptors (Lipinski definition) is 8. The van der Waals surface area contributed by atoms with Crippen LogP contribution in [0.1, 0.15) is 32.1 Å². The van der Waals surface area contributed by atoms with E-state index in [9.17, 15) is 33.9 Å². The topological polar surface area (TPSA) is 301 Å². The molecule has 33 heavy (non-hydrogen) atoms. The normalized spacial score (nSPS) is 13.0. The molecule has 0 aromatic heterocycles. The van der Waals surface area contributed by atoms with Crippen LogP contribution in [0.3, 0.4) is 0 Å². The van der Waals surface area contributed by atoms with Crippen molar-refractivity contribution in [2.75, 3.05) is 13.1 Å². The predicted molar refractivity (Wildman–Crippen MR) is 115 cm³/mol. The number of carbonyl (C=O) groups excluding carboxylic acids is 5. The summed E-state index contributed by atoms with van der Waals surface area (Å²) in [6.45, 7) is -0.369. The van der Waals surface area contributed by atoms with Crippen molar-refractivity contribution in [3.05, 3.63) is 0 Å². The van der Waals surface area contributed by atoms with Crippen molar-refractivity contribution in [1.82, 2.24) is 16.0 Å². The van der Waals surface area contributed by atoms with Gasteiger partial charge in [-0.2, -0.15) is 0 Å². The second-order valence-electron chi connectivity index (χ2n) is 6.91. The molecule has 16 nitrogen and oxygen atoms in total. The number of guanidine groups is 1. The number of nitrogens with two attached hydrogens (primary N) is 5. The molecule has 0 aliphatic rings. The molecular formula is C17H31N9O7. The van der Waals surface area contributed by atoms with Crippen molar-refractivity contribution in [2.24, 2.45) is 33.7 Å². The molecule has 16 heteroatoms. The van der Waals surface area contributed by atoms with E-state index < -0.39 is 66.6 Å². The Morgan fingerprint density at radius 3 is 1.85 bits per heavy atom. The van der Waals surface area contributed by atoms with Gasteiger partial charge in [0.05, 0.1) is 13.0 Å². The monoisotopic (exact) mass is 473 g/mol. The average Bonchev–Trinajstić information content (AvgIpc) is 2.71. The molecule has 14 N–H and O–H groups in total. The Bertz CT molecular complexity index is 768. The first kappa shape index (κ1) is 29.0. The number of carbonyl (C=O) groups is 6. The number of nitrogens with one attached hydrogen (secondary N) is 3. The lowest BCUT2D eigenvalue weighted by Crippen LogP contribution is -2.56. The van der Waals surface area contributed by atoms with Crippen LogP contribution in [0.15, 0.2) is 4.99 Å². The molecule has 0 bridgehead atoms. The Labute approximate surface area is 189 Å². The third kappa shape index (κ3) is 13.1. The smallest absolute Gasteiger partial charge is 0.326 e. The van der Waals surface area contributed by atoms with Gasteiger partial charge in [0.1, 0.15) is 18.1 Å². The van der Waals surface area contributed by atoms with Gasteiger partial charge in [0.2, 0.25) is 29.5 Å². The summed E-state index contributed by atoms with van der Waals surface area (Å²) in [5.41, 5.74) is 25.8. The van der Waals surface area contributed by atoms with Gasteiger partial charge in [0.15, 0.2) is 5.96 Å². The minimum absolute atomic E-state index is 0.0371. The zero-order valence-electron chi connectivity index (χ0n) is 17.9. The molecule has 0 heterocycles. The van der Waals surface area contributed by atoms with Gasteiger partial charge in [-0.25, -0.2) is 4.79 Å². The number of aliphatic carboxylic acids is 1. The number of primary amides is 2. The van der Waals surface area contributed by atoms with Crippen LogP contribution in [0.5, 0.6) is 0 Å². The number of aliphatic imine (C=N–C) groups is 1. The van der Waals surface area contributed by atoms with E-state index in [-0.39, 0.29) is 38.2 Å². The van der Waals surface area contributed by atoms with Crippen molar-refractivity contribution < 1.29 is 33.9 Å². The maximum Gasteiger partial charge on any atom is 0.326 e. The summed E-state index contributed by atoms with van der Waals surface area (Å²) >= 11 is 0. The fraction of sp³-hybridized carbons (Fsp3) is 0.588. The third-order valence-electron chi connectivity index (χ3n) is 4.11. The fourth-order valence-corrected chi connectivity index (χ4v) is 2.52. The van der Waals surface area contributed by atoms with Crippen LogP contribution in [0.2, 0.25) is 0 Å². The first-order chi connectivity index (χ1) is 15.4. The number of carboxylic acids is 1. The lowest BCUT2D eigenvalue weighted by atomic mass is 10.1. The molecule has 5 amide bonds. The molecule has 186 valence electrons. The van der Waals surface area contributed by atoms with Crippen LogP contribution >= 0.6 is 0 Å². The van der Waals surface area contributed by atoms with Crippen molar-refractivity contribution in [1.29, 1.82) is 0 Å². The van der Waals surface area contributed by atoms with E-state index in [1.54, 1.807) is 0 Å². The predicted octanol–water partition coefficient (Wildman–Crippen LogP) is -5.32. The SMILES string of the molecule is NCC(=O)NC(CC(N)=O)C(=O)NC(CCCN=C(N)N)C(=O)NC(CCC(N)=O)C(=O)O. The highest BCUT2D eigenvalue weighted by Crippen LogP contribution is 2.04. The largest absolute Gasteiger partial charge is 0.480 e. The van der Waals surface area contributed by atoms with E-state index in [1.165, 1.54) is 0 Å². The molecule has 3 atom stereocenters.